The molecule has 2 atom stereocenters. The van der Waals surface area contributed by atoms with Crippen molar-refractivity contribution in [3.8, 4) is 23.0 Å². The highest BCUT2D eigenvalue weighted by Gasteiger charge is 2.29. The fourth-order valence-electron chi connectivity index (χ4n) is 5.26. The Hall–Kier alpha value is -2.15. The van der Waals surface area contributed by atoms with Crippen LogP contribution < -0.4 is 18.9 Å². The summed E-state index contributed by atoms with van der Waals surface area (Å²) in [6, 6.07) is 9.32. The fraction of sp³-hybridized carbons (Fsp3) is 0.538. The molecule has 0 spiro atoms. The predicted molar refractivity (Wildman–Crippen MR) is 134 cm³/mol. The van der Waals surface area contributed by atoms with Gasteiger partial charge in [-0.15, -0.1) is 12.4 Å². The number of rotatable bonds is 7. The minimum atomic E-state index is 0. The second kappa shape index (κ2) is 10.9. The maximum absolute atomic E-state index is 5.55. The van der Waals surface area contributed by atoms with Gasteiger partial charge in [0.05, 0.1) is 28.4 Å². The summed E-state index contributed by atoms with van der Waals surface area (Å²) in [6.07, 6.45) is 2.07. The standard InChI is InChI=1S/C26H36N2O4.ClH/c1-17-21-15-25(31-5)23(29-3)13-19(21)7-9-27(17)11-12-28-10-8-20-14-24(30-4)26(32-6)16-22(20)18(28)2;/h13-18H,7-12H2,1-6H3;1H. The number of halogens is 1. The lowest BCUT2D eigenvalue weighted by Gasteiger charge is -2.40. The summed E-state index contributed by atoms with van der Waals surface area (Å²) in [7, 11) is 6.81. The average Bonchev–Trinajstić information content (AvgIpc) is 2.83. The molecule has 0 bridgehead atoms. The molecule has 0 fully saturated rings. The van der Waals surface area contributed by atoms with E-state index in [1.54, 1.807) is 28.4 Å². The second-order valence-corrected chi connectivity index (χ2v) is 8.74. The van der Waals surface area contributed by atoms with Crippen molar-refractivity contribution in [2.45, 2.75) is 38.8 Å². The number of ether oxygens (including phenoxy) is 4. The number of hydrogen-bond acceptors (Lipinski definition) is 6. The summed E-state index contributed by atoms with van der Waals surface area (Å²) >= 11 is 0. The third-order valence-electron chi connectivity index (χ3n) is 7.30. The zero-order chi connectivity index (χ0) is 22.8. The van der Waals surface area contributed by atoms with Crippen LogP contribution in [0.5, 0.6) is 23.0 Å². The molecule has 0 saturated heterocycles. The van der Waals surface area contributed by atoms with E-state index in [0.717, 1.165) is 62.0 Å². The third kappa shape index (κ3) is 4.88. The lowest BCUT2D eigenvalue weighted by Crippen LogP contribution is -2.42. The van der Waals surface area contributed by atoms with Crippen molar-refractivity contribution in [3.63, 3.8) is 0 Å². The molecule has 0 radical (unpaired) electrons. The molecule has 7 heteroatoms. The molecule has 2 aliphatic rings. The molecular weight excluding hydrogens is 440 g/mol. The van der Waals surface area contributed by atoms with Crippen molar-refractivity contribution < 1.29 is 18.9 Å². The first kappa shape index (κ1) is 25.5. The summed E-state index contributed by atoms with van der Waals surface area (Å²) in [5, 5.41) is 0. The van der Waals surface area contributed by atoms with Gasteiger partial charge in [0.25, 0.3) is 0 Å². The third-order valence-corrected chi connectivity index (χ3v) is 7.30. The van der Waals surface area contributed by atoms with Crippen LogP contribution in [0, 0.1) is 0 Å². The Morgan fingerprint density at radius 1 is 0.636 bits per heavy atom. The van der Waals surface area contributed by atoms with Crippen LogP contribution in [0.15, 0.2) is 24.3 Å². The normalized spacial score (nSPS) is 20.3. The van der Waals surface area contributed by atoms with Crippen LogP contribution in [-0.4, -0.2) is 64.4 Å². The Morgan fingerprint density at radius 3 is 1.30 bits per heavy atom. The summed E-state index contributed by atoms with van der Waals surface area (Å²) in [6.45, 7) is 8.82. The van der Waals surface area contributed by atoms with E-state index >= 15 is 0 Å². The molecule has 2 aromatic carbocycles. The molecular formula is C26H37ClN2O4. The first-order valence-electron chi connectivity index (χ1n) is 11.5. The monoisotopic (exact) mass is 476 g/mol. The Bertz CT molecular complexity index is 890. The molecule has 0 saturated carbocycles. The highest BCUT2D eigenvalue weighted by molar-refractivity contribution is 5.85. The number of methoxy groups -OCH3 is 4. The molecule has 0 aromatic heterocycles. The molecule has 33 heavy (non-hydrogen) atoms. The van der Waals surface area contributed by atoms with Crippen molar-refractivity contribution in [1.82, 2.24) is 9.80 Å². The van der Waals surface area contributed by atoms with Gasteiger partial charge >= 0.3 is 0 Å². The Balaban J connectivity index is 0.00000306. The molecule has 0 amide bonds. The van der Waals surface area contributed by atoms with Crippen LogP contribution in [0.4, 0.5) is 0 Å². The average molecular weight is 477 g/mol. The number of hydrogen-bond donors (Lipinski definition) is 0. The molecule has 6 nitrogen and oxygen atoms in total. The maximum Gasteiger partial charge on any atom is 0.161 e. The van der Waals surface area contributed by atoms with Gasteiger partial charge in [-0.2, -0.15) is 0 Å². The number of fused-ring (bicyclic) bond motifs is 2. The highest BCUT2D eigenvalue weighted by Crippen LogP contribution is 2.39. The number of benzene rings is 2. The predicted octanol–water partition coefficient (Wildman–Crippen LogP) is 4.68. The van der Waals surface area contributed by atoms with Crippen molar-refractivity contribution in [3.05, 3.63) is 46.5 Å². The summed E-state index contributed by atoms with van der Waals surface area (Å²) in [4.78, 5) is 5.18. The van der Waals surface area contributed by atoms with E-state index in [4.69, 9.17) is 18.9 Å². The van der Waals surface area contributed by atoms with Gasteiger partial charge in [0, 0.05) is 38.3 Å². The first-order valence-corrected chi connectivity index (χ1v) is 11.5. The van der Waals surface area contributed by atoms with Crippen molar-refractivity contribution in [1.29, 1.82) is 0 Å². The van der Waals surface area contributed by atoms with Gasteiger partial charge in [-0.25, -0.2) is 0 Å². The van der Waals surface area contributed by atoms with E-state index in [1.807, 2.05) is 0 Å². The lowest BCUT2D eigenvalue weighted by atomic mass is 9.92. The van der Waals surface area contributed by atoms with Crippen LogP contribution >= 0.6 is 12.4 Å². The van der Waals surface area contributed by atoms with Gasteiger partial charge in [0.2, 0.25) is 0 Å². The van der Waals surface area contributed by atoms with Crippen LogP contribution in [0.3, 0.4) is 0 Å². The molecule has 182 valence electrons. The molecule has 0 N–H and O–H groups in total. The quantitative estimate of drug-likeness (QED) is 0.578. The highest BCUT2D eigenvalue weighted by atomic mass is 35.5. The van der Waals surface area contributed by atoms with Crippen LogP contribution in [0.25, 0.3) is 0 Å². The van der Waals surface area contributed by atoms with Gasteiger partial charge < -0.3 is 18.9 Å². The van der Waals surface area contributed by atoms with Crippen molar-refractivity contribution in [2.75, 3.05) is 54.6 Å². The van der Waals surface area contributed by atoms with E-state index < -0.39 is 0 Å². The Morgan fingerprint density at radius 2 is 0.970 bits per heavy atom. The van der Waals surface area contributed by atoms with Crippen LogP contribution in [-0.2, 0) is 12.8 Å². The summed E-state index contributed by atoms with van der Waals surface area (Å²) < 4.78 is 22.1. The SMILES string of the molecule is COc1cc2c(cc1OC)C(C)N(CCN1CCc3cc(OC)c(OC)cc3C1C)CC2.Cl. The van der Waals surface area contributed by atoms with Crippen molar-refractivity contribution in [2.24, 2.45) is 0 Å². The van der Waals surface area contributed by atoms with Gasteiger partial charge in [0.15, 0.2) is 23.0 Å². The second-order valence-electron chi connectivity index (χ2n) is 8.74. The first-order chi connectivity index (χ1) is 15.5. The van der Waals surface area contributed by atoms with E-state index in [0.29, 0.717) is 12.1 Å². The molecule has 2 heterocycles. The van der Waals surface area contributed by atoms with Crippen LogP contribution in [0.2, 0.25) is 0 Å². The Labute approximate surface area is 204 Å². The van der Waals surface area contributed by atoms with E-state index in [-0.39, 0.29) is 12.4 Å². The molecule has 2 aliphatic heterocycles. The van der Waals surface area contributed by atoms with Crippen molar-refractivity contribution >= 4 is 12.4 Å². The Kier molecular flexibility index (Phi) is 8.38. The largest absolute Gasteiger partial charge is 0.493 e. The van der Waals surface area contributed by atoms with Gasteiger partial charge in [-0.1, -0.05) is 0 Å². The molecule has 2 unspecified atom stereocenters. The summed E-state index contributed by atoms with van der Waals surface area (Å²) in [5.74, 6) is 3.26. The minimum absolute atomic E-state index is 0. The number of nitrogens with zero attached hydrogens (tertiary/aromatic N) is 2. The minimum Gasteiger partial charge on any atom is -0.493 e. The molecule has 0 aliphatic carbocycles. The topological polar surface area (TPSA) is 43.4 Å². The maximum atomic E-state index is 5.55. The molecule has 2 aromatic rings. The van der Waals surface area contributed by atoms with E-state index in [2.05, 4.69) is 47.9 Å². The van der Waals surface area contributed by atoms with E-state index in [1.165, 1.54) is 22.3 Å². The zero-order valence-corrected chi connectivity index (χ0v) is 21.5. The van der Waals surface area contributed by atoms with Gasteiger partial charge in [-0.3, -0.25) is 9.80 Å². The van der Waals surface area contributed by atoms with Gasteiger partial charge in [0.1, 0.15) is 0 Å². The lowest BCUT2D eigenvalue weighted by molar-refractivity contribution is 0.133. The van der Waals surface area contributed by atoms with E-state index in [9.17, 15) is 0 Å². The molecule has 4 rings (SSSR count). The fourth-order valence-corrected chi connectivity index (χ4v) is 5.26. The van der Waals surface area contributed by atoms with Gasteiger partial charge in [-0.05, 0) is 73.2 Å². The summed E-state index contributed by atoms with van der Waals surface area (Å²) in [5.41, 5.74) is 5.44. The smallest absolute Gasteiger partial charge is 0.161 e. The van der Waals surface area contributed by atoms with Crippen LogP contribution in [0.1, 0.15) is 48.2 Å². The zero-order valence-electron chi connectivity index (χ0n) is 20.6.